The lowest BCUT2D eigenvalue weighted by atomic mass is 10.1. The van der Waals surface area contributed by atoms with E-state index in [1.807, 2.05) is 23.1 Å². The largest absolute Gasteiger partial charge is 0.486 e. The first kappa shape index (κ1) is 17.4. The quantitative estimate of drug-likeness (QED) is 0.828. The third-order valence-electron chi connectivity index (χ3n) is 4.39. The molecule has 0 unspecified atom stereocenters. The fourth-order valence-electron chi connectivity index (χ4n) is 3.01. The number of carbonyl (C=O) groups is 2. The van der Waals surface area contributed by atoms with Crippen molar-refractivity contribution in [2.24, 2.45) is 0 Å². The van der Waals surface area contributed by atoms with Gasteiger partial charge in [-0.05, 0) is 31.0 Å². The van der Waals surface area contributed by atoms with Crippen LogP contribution in [0.2, 0.25) is 0 Å². The summed E-state index contributed by atoms with van der Waals surface area (Å²) in [5.74, 6) is 1.62. The van der Waals surface area contributed by atoms with Crippen LogP contribution in [0.15, 0.2) is 18.2 Å². The SMILES string of the molecule is CCOC(=O)N1CCN(C(=O)CCc2ccc3c(c2)OCCO3)CC1. The number of aryl methyl sites for hydroxylation is 1. The molecule has 3 rings (SSSR count). The molecule has 2 aliphatic rings. The molecule has 0 radical (unpaired) electrons. The zero-order chi connectivity index (χ0) is 17.6. The summed E-state index contributed by atoms with van der Waals surface area (Å²) in [6.45, 7) is 5.44. The highest BCUT2D eigenvalue weighted by molar-refractivity contribution is 5.77. The van der Waals surface area contributed by atoms with E-state index in [2.05, 4.69) is 0 Å². The van der Waals surface area contributed by atoms with Crippen LogP contribution in [0, 0.1) is 0 Å². The number of nitrogens with zero attached hydrogens (tertiary/aromatic N) is 2. The molecular formula is C18H24N2O5. The van der Waals surface area contributed by atoms with Gasteiger partial charge in [-0.1, -0.05) is 6.07 Å². The molecule has 0 saturated carbocycles. The van der Waals surface area contributed by atoms with Gasteiger partial charge >= 0.3 is 6.09 Å². The molecule has 0 atom stereocenters. The van der Waals surface area contributed by atoms with Gasteiger partial charge in [0.25, 0.3) is 0 Å². The molecule has 7 nitrogen and oxygen atoms in total. The molecule has 1 aromatic rings. The zero-order valence-corrected chi connectivity index (χ0v) is 14.5. The van der Waals surface area contributed by atoms with Gasteiger partial charge in [-0.3, -0.25) is 4.79 Å². The third-order valence-corrected chi connectivity index (χ3v) is 4.39. The van der Waals surface area contributed by atoms with Crippen molar-refractivity contribution in [2.75, 3.05) is 46.0 Å². The molecule has 0 N–H and O–H groups in total. The fraction of sp³-hybridized carbons (Fsp3) is 0.556. The van der Waals surface area contributed by atoms with E-state index >= 15 is 0 Å². The predicted octanol–water partition coefficient (Wildman–Crippen LogP) is 1.69. The van der Waals surface area contributed by atoms with E-state index in [0.29, 0.717) is 58.8 Å². The van der Waals surface area contributed by atoms with E-state index < -0.39 is 0 Å². The Balaban J connectivity index is 1.46. The van der Waals surface area contributed by atoms with E-state index in [-0.39, 0.29) is 12.0 Å². The van der Waals surface area contributed by atoms with Crippen LogP contribution in [0.1, 0.15) is 18.9 Å². The maximum atomic E-state index is 12.4. The standard InChI is InChI=1S/C18H24N2O5/c1-2-23-18(22)20-9-7-19(8-10-20)17(21)6-4-14-3-5-15-16(13-14)25-12-11-24-15/h3,5,13H,2,4,6-12H2,1H3. The Morgan fingerprint density at radius 2 is 1.72 bits per heavy atom. The Morgan fingerprint density at radius 3 is 2.44 bits per heavy atom. The minimum atomic E-state index is -0.300. The second-order valence-electron chi connectivity index (χ2n) is 6.04. The average molecular weight is 348 g/mol. The van der Waals surface area contributed by atoms with E-state index in [0.717, 1.165) is 17.1 Å². The number of amides is 2. The van der Waals surface area contributed by atoms with Crippen molar-refractivity contribution < 1.29 is 23.8 Å². The molecular weight excluding hydrogens is 324 g/mol. The van der Waals surface area contributed by atoms with Gasteiger partial charge in [0.1, 0.15) is 13.2 Å². The molecule has 0 bridgehead atoms. The third kappa shape index (κ3) is 4.35. The van der Waals surface area contributed by atoms with Gasteiger partial charge < -0.3 is 24.0 Å². The lowest BCUT2D eigenvalue weighted by Gasteiger charge is -2.34. The molecule has 7 heteroatoms. The minimum Gasteiger partial charge on any atom is -0.486 e. The average Bonchev–Trinajstić information content (AvgIpc) is 2.66. The Hall–Kier alpha value is -2.44. The Labute approximate surface area is 147 Å². The predicted molar refractivity (Wildman–Crippen MR) is 90.9 cm³/mol. The molecule has 1 saturated heterocycles. The number of hydrogen-bond acceptors (Lipinski definition) is 5. The van der Waals surface area contributed by atoms with Crippen LogP contribution in [0.25, 0.3) is 0 Å². The fourth-order valence-corrected chi connectivity index (χ4v) is 3.01. The first-order valence-electron chi connectivity index (χ1n) is 8.75. The van der Waals surface area contributed by atoms with E-state index in [4.69, 9.17) is 14.2 Å². The van der Waals surface area contributed by atoms with Crippen molar-refractivity contribution in [2.45, 2.75) is 19.8 Å². The summed E-state index contributed by atoms with van der Waals surface area (Å²) >= 11 is 0. The molecule has 2 aliphatic heterocycles. The number of fused-ring (bicyclic) bond motifs is 1. The summed E-state index contributed by atoms with van der Waals surface area (Å²) in [6, 6.07) is 5.81. The molecule has 25 heavy (non-hydrogen) atoms. The van der Waals surface area contributed by atoms with Crippen LogP contribution in [-0.4, -0.2) is 67.8 Å². The summed E-state index contributed by atoms with van der Waals surface area (Å²) < 4.78 is 16.1. The van der Waals surface area contributed by atoms with Gasteiger partial charge in [-0.2, -0.15) is 0 Å². The highest BCUT2D eigenvalue weighted by atomic mass is 16.6. The number of carbonyl (C=O) groups excluding carboxylic acids is 2. The topological polar surface area (TPSA) is 68.3 Å². The van der Waals surface area contributed by atoms with Crippen LogP contribution in [-0.2, 0) is 16.0 Å². The van der Waals surface area contributed by atoms with Gasteiger partial charge in [-0.25, -0.2) is 4.79 Å². The second kappa shape index (κ2) is 8.09. The summed E-state index contributed by atoms with van der Waals surface area (Å²) in [5, 5.41) is 0. The van der Waals surface area contributed by atoms with Crippen LogP contribution in [0.3, 0.4) is 0 Å². The van der Waals surface area contributed by atoms with Crippen LogP contribution >= 0.6 is 0 Å². The highest BCUT2D eigenvalue weighted by Gasteiger charge is 2.24. The number of piperazine rings is 1. The molecule has 2 heterocycles. The number of ether oxygens (including phenoxy) is 3. The summed E-state index contributed by atoms with van der Waals surface area (Å²) in [4.78, 5) is 27.5. The van der Waals surface area contributed by atoms with Crippen LogP contribution in [0.4, 0.5) is 4.79 Å². The number of benzene rings is 1. The zero-order valence-electron chi connectivity index (χ0n) is 14.5. The van der Waals surface area contributed by atoms with Crippen LogP contribution in [0.5, 0.6) is 11.5 Å². The monoisotopic (exact) mass is 348 g/mol. The summed E-state index contributed by atoms with van der Waals surface area (Å²) in [7, 11) is 0. The molecule has 1 fully saturated rings. The number of hydrogen-bond donors (Lipinski definition) is 0. The normalized spacial score (nSPS) is 16.5. The van der Waals surface area contributed by atoms with E-state index in [1.54, 1.807) is 11.8 Å². The van der Waals surface area contributed by atoms with Crippen molar-refractivity contribution in [1.29, 1.82) is 0 Å². The maximum Gasteiger partial charge on any atom is 0.409 e. The number of rotatable bonds is 4. The van der Waals surface area contributed by atoms with Crippen molar-refractivity contribution >= 4 is 12.0 Å². The van der Waals surface area contributed by atoms with Crippen molar-refractivity contribution in [3.63, 3.8) is 0 Å². The van der Waals surface area contributed by atoms with Gasteiger partial charge in [-0.15, -0.1) is 0 Å². The smallest absolute Gasteiger partial charge is 0.409 e. The van der Waals surface area contributed by atoms with Crippen LogP contribution < -0.4 is 9.47 Å². The van der Waals surface area contributed by atoms with Crippen molar-refractivity contribution in [3.05, 3.63) is 23.8 Å². The lowest BCUT2D eigenvalue weighted by Crippen LogP contribution is -2.50. The molecule has 1 aromatic carbocycles. The van der Waals surface area contributed by atoms with E-state index in [1.165, 1.54) is 0 Å². The van der Waals surface area contributed by atoms with E-state index in [9.17, 15) is 9.59 Å². The summed E-state index contributed by atoms with van der Waals surface area (Å²) in [6.07, 6.45) is 0.804. The minimum absolute atomic E-state index is 0.110. The Kier molecular flexibility index (Phi) is 5.63. The Bertz CT molecular complexity index is 626. The lowest BCUT2D eigenvalue weighted by molar-refractivity contribution is -0.132. The summed E-state index contributed by atoms with van der Waals surface area (Å²) in [5.41, 5.74) is 1.06. The second-order valence-corrected chi connectivity index (χ2v) is 6.04. The van der Waals surface area contributed by atoms with Gasteiger partial charge in [0.2, 0.25) is 5.91 Å². The molecule has 0 aliphatic carbocycles. The van der Waals surface area contributed by atoms with Gasteiger partial charge in [0, 0.05) is 32.6 Å². The highest BCUT2D eigenvalue weighted by Crippen LogP contribution is 2.31. The Morgan fingerprint density at radius 1 is 1.04 bits per heavy atom. The van der Waals surface area contributed by atoms with Gasteiger partial charge in [0.15, 0.2) is 11.5 Å². The first-order valence-corrected chi connectivity index (χ1v) is 8.75. The molecule has 136 valence electrons. The first-order chi connectivity index (χ1) is 12.2. The van der Waals surface area contributed by atoms with Gasteiger partial charge in [0.05, 0.1) is 6.61 Å². The van der Waals surface area contributed by atoms with Crippen molar-refractivity contribution in [3.8, 4) is 11.5 Å². The van der Waals surface area contributed by atoms with Crippen molar-refractivity contribution in [1.82, 2.24) is 9.80 Å². The maximum absolute atomic E-state index is 12.4. The molecule has 2 amide bonds. The molecule has 0 spiro atoms. The molecule has 0 aromatic heterocycles.